The topological polar surface area (TPSA) is 108 Å². The van der Waals surface area contributed by atoms with E-state index >= 15 is 4.39 Å². The van der Waals surface area contributed by atoms with Crippen LogP contribution in [0, 0.1) is 11.6 Å². The van der Waals surface area contributed by atoms with Crippen LogP contribution in [-0.4, -0.2) is 48.2 Å². The molecular weight excluding hydrogens is 504 g/mol. The van der Waals surface area contributed by atoms with E-state index in [1.54, 1.807) is 18.2 Å². The Labute approximate surface area is 228 Å². The molecule has 0 spiro atoms. The number of nitrogens with one attached hydrogen (secondary N) is 1. The third kappa shape index (κ3) is 4.67. The van der Waals surface area contributed by atoms with Gasteiger partial charge in [-0.25, -0.2) is 13.8 Å². The van der Waals surface area contributed by atoms with Gasteiger partial charge in [-0.15, -0.1) is 10.2 Å². The lowest BCUT2D eigenvalue weighted by Gasteiger charge is -2.35. The summed E-state index contributed by atoms with van der Waals surface area (Å²) >= 11 is 0. The standard InChI is InChI=1S/C28H23F2N7O2/c1-2-39-19-7-8-22(32-15-19)27-36-35-26(37(27)24-6-4-3-5-21(24)30)16-11-18(12-16)34-28(38)20-9-10-31-23-13-17(29)14-33-25(20)23/h3-10,13-16,18H,2,11-12H2,1H3,(H,34,38)/i1D3,2D2. The molecule has 1 N–H and O–H groups in total. The van der Waals surface area contributed by atoms with Crippen molar-refractivity contribution < 1.29 is 25.2 Å². The average Bonchev–Trinajstić information content (AvgIpc) is 3.38. The third-order valence-electron chi connectivity index (χ3n) is 6.54. The zero-order valence-corrected chi connectivity index (χ0v) is 20.2. The van der Waals surface area contributed by atoms with Crippen LogP contribution in [0.5, 0.6) is 5.75 Å². The highest BCUT2D eigenvalue weighted by Crippen LogP contribution is 2.39. The number of benzene rings is 1. The number of fused-ring (bicyclic) bond motifs is 1. The molecule has 1 aliphatic carbocycles. The summed E-state index contributed by atoms with van der Waals surface area (Å²) < 4.78 is 72.5. The molecule has 9 nitrogen and oxygen atoms in total. The Bertz CT molecular complexity index is 1860. The molecule has 0 aliphatic heterocycles. The first-order valence-electron chi connectivity index (χ1n) is 14.5. The maximum absolute atomic E-state index is 15.1. The van der Waals surface area contributed by atoms with Crippen LogP contribution < -0.4 is 10.1 Å². The summed E-state index contributed by atoms with van der Waals surface area (Å²) in [6.07, 6.45) is 4.55. The van der Waals surface area contributed by atoms with Gasteiger partial charge in [0.1, 0.15) is 34.4 Å². The molecule has 0 unspecified atom stereocenters. The second-order valence-electron chi connectivity index (χ2n) is 8.97. The average molecular weight is 533 g/mol. The first kappa shape index (κ1) is 19.3. The summed E-state index contributed by atoms with van der Waals surface area (Å²) in [4.78, 5) is 25.4. The predicted octanol–water partition coefficient (Wildman–Crippen LogP) is 4.63. The lowest BCUT2D eigenvalue weighted by Crippen LogP contribution is -2.44. The van der Waals surface area contributed by atoms with E-state index in [4.69, 9.17) is 11.6 Å². The number of ether oxygens (including phenoxy) is 1. The Morgan fingerprint density at radius 2 is 2.00 bits per heavy atom. The van der Waals surface area contributed by atoms with E-state index in [2.05, 4.69) is 30.5 Å². The number of nitrogens with zero attached hydrogens (tertiary/aromatic N) is 6. The minimum Gasteiger partial charge on any atom is -0.492 e. The first-order chi connectivity index (χ1) is 20.9. The second-order valence-corrected chi connectivity index (χ2v) is 8.97. The molecule has 1 saturated carbocycles. The molecular formula is C28H23F2N7O2. The maximum Gasteiger partial charge on any atom is 0.253 e. The number of hydrogen-bond donors (Lipinski definition) is 1. The molecule has 196 valence electrons. The van der Waals surface area contributed by atoms with Crippen LogP contribution in [0.4, 0.5) is 8.78 Å². The minimum absolute atomic E-state index is 0.119. The lowest BCUT2D eigenvalue weighted by molar-refractivity contribution is 0.0908. The van der Waals surface area contributed by atoms with Gasteiger partial charge in [-0.3, -0.25) is 19.3 Å². The summed E-state index contributed by atoms with van der Waals surface area (Å²) in [5.74, 6) is -1.14. The van der Waals surface area contributed by atoms with Crippen LogP contribution in [-0.2, 0) is 0 Å². The Balaban J connectivity index is 1.24. The van der Waals surface area contributed by atoms with Gasteiger partial charge in [0.25, 0.3) is 5.91 Å². The molecule has 1 fully saturated rings. The Morgan fingerprint density at radius 1 is 1.13 bits per heavy atom. The van der Waals surface area contributed by atoms with Gasteiger partial charge in [0.2, 0.25) is 0 Å². The number of para-hydroxylation sites is 1. The molecule has 1 aliphatic rings. The molecule has 11 heteroatoms. The number of rotatable bonds is 7. The van der Waals surface area contributed by atoms with E-state index < -0.39 is 25.0 Å². The van der Waals surface area contributed by atoms with E-state index in [1.807, 2.05) is 0 Å². The van der Waals surface area contributed by atoms with Crippen molar-refractivity contribution in [2.24, 2.45) is 0 Å². The summed E-state index contributed by atoms with van der Waals surface area (Å²) in [5.41, 5.74) is 1.24. The molecule has 6 rings (SSSR count). The summed E-state index contributed by atoms with van der Waals surface area (Å²) in [6, 6.07) is 11.3. The molecule has 1 amide bonds. The highest BCUT2D eigenvalue weighted by molar-refractivity contribution is 6.04. The normalized spacial score (nSPS) is 19.2. The summed E-state index contributed by atoms with van der Waals surface area (Å²) in [6.45, 7) is -5.96. The SMILES string of the molecule is [2H]C([2H])([2H])C([2H])([2H])Oc1ccc(-c2nnc(C3CC(NC(=O)c4ccnc5cc(F)cnc45)C3)n2-c2ccccc2F)nc1. The highest BCUT2D eigenvalue weighted by Gasteiger charge is 2.37. The van der Waals surface area contributed by atoms with Crippen LogP contribution in [0.25, 0.3) is 28.2 Å². The van der Waals surface area contributed by atoms with Gasteiger partial charge in [-0.05, 0) is 50.0 Å². The largest absolute Gasteiger partial charge is 0.492 e. The van der Waals surface area contributed by atoms with E-state index in [0.717, 1.165) is 12.4 Å². The fourth-order valence-corrected chi connectivity index (χ4v) is 4.63. The molecule has 1 aromatic carbocycles. The number of carbonyl (C=O) groups excluding carboxylic acids is 1. The molecule has 0 bridgehead atoms. The fraction of sp³-hybridized carbons (Fsp3) is 0.214. The second kappa shape index (κ2) is 10.2. The lowest BCUT2D eigenvalue weighted by atomic mass is 9.79. The van der Waals surface area contributed by atoms with E-state index in [9.17, 15) is 9.18 Å². The zero-order chi connectivity index (χ0) is 31.2. The van der Waals surface area contributed by atoms with Crippen LogP contribution >= 0.6 is 0 Å². The van der Waals surface area contributed by atoms with Crippen molar-refractivity contribution in [1.29, 1.82) is 0 Å². The molecule has 0 radical (unpaired) electrons. The van der Waals surface area contributed by atoms with Crippen LogP contribution in [0.1, 0.15) is 48.6 Å². The molecule has 4 aromatic heterocycles. The van der Waals surface area contributed by atoms with Gasteiger partial charge in [0.15, 0.2) is 5.82 Å². The molecule has 4 heterocycles. The molecule has 0 atom stereocenters. The van der Waals surface area contributed by atoms with Crippen LogP contribution in [0.3, 0.4) is 0 Å². The van der Waals surface area contributed by atoms with Gasteiger partial charge in [0, 0.05) is 28.3 Å². The van der Waals surface area contributed by atoms with Crippen molar-refractivity contribution in [3.05, 3.63) is 90.1 Å². The summed E-state index contributed by atoms with van der Waals surface area (Å²) in [5, 5.41) is 11.6. The van der Waals surface area contributed by atoms with Gasteiger partial charge >= 0.3 is 0 Å². The fourth-order valence-electron chi connectivity index (χ4n) is 4.63. The van der Waals surface area contributed by atoms with Gasteiger partial charge in [0.05, 0.1) is 38.5 Å². The van der Waals surface area contributed by atoms with E-state index in [1.165, 1.54) is 41.1 Å². The Hall–Kier alpha value is -4.80. The molecule has 5 aromatic rings. The maximum atomic E-state index is 15.1. The number of amides is 1. The van der Waals surface area contributed by atoms with Crippen molar-refractivity contribution in [3.8, 4) is 23.0 Å². The minimum atomic E-state index is -3.02. The number of halogens is 2. The highest BCUT2D eigenvalue weighted by atomic mass is 19.1. The monoisotopic (exact) mass is 532 g/mol. The smallest absolute Gasteiger partial charge is 0.253 e. The van der Waals surface area contributed by atoms with Crippen molar-refractivity contribution in [2.45, 2.75) is 31.7 Å². The molecule has 39 heavy (non-hydrogen) atoms. The third-order valence-corrected chi connectivity index (χ3v) is 6.54. The van der Waals surface area contributed by atoms with Gasteiger partial charge in [-0.1, -0.05) is 12.1 Å². The zero-order valence-electron chi connectivity index (χ0n) is 25.2. The number of carbonyl (C=O) groups is 1. The quantitative estimate of drug-likeness (QED) is 0.326. The number of pyridine rings is 3. The Morgan fingerprint density at radius 3 is 2.79 bits per heavy atom. The van der Waals surface area contributed by atoms with Crippen LogP contribution in [0.2, 0.25) is 0 Å². The van der Waals surface area contributed by atoms with Crippen molar-refractivity contribution in [3.63, 3.8) is 0 Å². The Kier molecular flexibility index (Phi) is 5.03. The van der Waals surface area contributed by atoms with Gasteiger partial charge in [-0.2, -0.15) is 0 Å². The summed E-state index contributed by atoms with van der Waals surface area (Å²) in [7, 11) is 0. The van der Waals surface area contributed by atoms with Crippen molar-refractivity contribution in [1.82, 2.24) is 35.0 Å². The van der Waals surface area contributed by atoms with Crippen LogP contribution in [0.15, 0.2) is 67.1 Å². The number of hydrogen-bond acceptors (Lipinski definition) is 7. The predicted molar refractivity (Wildman–Crippen MR) is 138 cm³/mol. The number of aromatic nitrogens is 6. The van der Waals surface area contributed by atoms with E-state index in [-0.39, 0.29) is 57.4 Å². The van der Waals surface area contributed by atoms with Crippen molar-refractivity contribution >= 4 is 16.9 Å². The van der Waals surface area contributed by atoms with E-state index in [0.29, 0.717) is 18.7 Å². The van der Waals surface area contributed by atoms with Gasteiger partial charge < -0.3 is 10.1 Å². The molecule has 0 saturated heterocycles. The first-order valence-corrected chi connectivity index (χ1v) is 12.0. The van der Waals surface area contributed by atoms with Crippen molar-refractivity contribution in [2.75, 3.05) is 6.56 Å².